The van der Waals surface area contributed by atoms with Gasteiger partial charge in [0.15, 0.2) is 0 Å². The summed E-state index contributed by atoms with van der Waals surface area (Å²) in [4.78, 5) is 1.20. The standard InChI is InChI=1S/C13H16OS/c1-3-4-5-12(14)10-15-13-8-6-11(2)7-9-13/h6-9,12,14H,5,10H2,1-2H3. The first kappa shape index (κ1) is 12.2. The molecule has 0 fully saturated rings. The van der Waals surface area contributed by atoms with Crippen LogP contribution in [0, 0.1) is 18.8 Å². The van der Waals surface area contributed by atoms with Gasteiger partial charge in [-0.15, -0.1) is 23.6 Å². The molecule has 0 aliphatic rings. The molecule has 0 aromatic heterocycles. The molecule has 1 nitrogen and oxygen atoms in total. The van der Waals surface area contributed by atoms with Gasteiger partial charge in [0.1, 0.15) is 0 Å². The fraction of sp³-hybridized carbons (Fsp3) is 0.385. The van der Waals surface area contributed by atoms with Gasteiger partial charge < -0.3 is 5.11 Å². The summed E-state index contributed by atoms with van der Waals surface area (Å²) < 4.78 is 0. The molecule has 0 bridgehead atoms. The van der Waals surface area contributed by atoms with Crippen molar-refractivity contribution >= 4 is 11.8 Å². The third kappa shape index (κ3) is 4.92. The first-order valence-electron chi connectivity index (χ1n) is 4.99. The lowest BCUT2D eigenvalue weighted by Gasteiger charge is -2.06. The molecule has 1 unspecified atom stereocenters. The Bertz CT molecular complexity index is 345. The fourth-order valence-corrected chi connectivity index (χ4v) is 1.94. The number of benzene rings is 1. The van der Waals surface area contributed by atoms with Gasteiger partial charge in [-0.1, -0.05) is 17.7 Å². The molecule has 0 aliphatic carbocycles. The summed E-state index contributed by atoms with van der Waals surface area (Å²) in [5.74, 6) is 6.37. The zero-order valence-corrected chi connectivity index (χ0v) is 9.97. The van der Waals surface area contributed by atoms with Crippen molar-refractivity contribution < 1.29 is 5.11 Å². The Morgan fingerprint density at radius 2 is 2.00 bits per heavy atom. The number of aryl methyl sites for hydroxylation is 1. The van der Waals surface area contributed by atoms with E-state index in [1.807, 2.05) is 0 Å². The van der Waals surface area contributed by atoms with E-state index in [1.54, 1.807) is 18.7 Å². The monoisotopic (exact) mass is 220 g/mol. The second-order valence-electron chi connectivity index (χ2n) is 3.41. The van der Waals surface area contributed by atoms with E-state index in [4.69, 9.17) is 0 Å². The SMILES string of the molecule is CC#CCC(O)CSc1ccc(C)cc1. The van der Waals surface area contributed by atoms with Crippen LogP contribution in [0.15, 0.2) is 29.2 Å². The van der Waals surface area contributed by atoms with Crippen LogP contribution in [-0.2, 0) is 0 Å². The highest BCUT2D eigenvalue weighted by atomic mass is 32.2. The van der Waals surface area contributed by atoms with Crippen LogP contribution in [0.25, 0.3) is 0 Å². The molecule has 0 saturated heterocycles. The molecule has 1 N–H and O–H groups in total. The van der Waals surface area contributed by atoms with E-state index in [-0.39, 0.29) is 6.10 Å². The van der Waals surface area contributed by atoms with Gasteiger partial charge in [0.2, 0.25) is 0 Å². The zero-order valence-electron chi connectivity index (χ0n) is 9.16. The summed E-state index contributed by atoms with van der Waals surface area (Å²) in [7, 11) is 0. The molecule has 0 radical (unpaired) electrons. The molecule has 1 rings (SSSR count). The van der Waals surface area contributed by atoms with Crippen molar-refractivity contribution in [3.8, 4) is 11.8 Å². The topological polar surface area (TPSA) is 20.2 Å². The molecule has 0 saturated carbocycles. The van der Waals surface area contributed by atoms with Gasteiger partial charge in [-0.05, 0) is 26.0 Å². The van der Waals surface area contributed by atoms with Crippen molar-refractivity contribution in [3.05, 3.63) is 29.8 Å². The fourth-order valence-electron chi connectivity index (χ4n) is 1.11. The molecule has 0 aliphatic heterocycles. The lowest BCUT2D eigenvalue weighted by Crippen LogP contribution is -2.08. The minimum atomic E-state index is -0.330. The summed E-state index contributed by atoms with van der Waals surface area (Å²) in [5, 5.41) is 9.57. The molecule has 0 heterocycles. The number of hydrogen-bond acceptors (Lipinski definition) is 2. The maximum atomic E-state index is 9.57. The predicted molar refractivity (Wildman–Crippen MR) is 66.0 cm³/mol. The molecule has 80 valence electrons. The molecule has 1 aromatic rings. The molecule has 0 amide bonds. The normalized spacial score (nSPS) is 11.7. The van der Waals surface area contributed by atoms with Crippen LogP contribution in [-0.4, -0.2) is 17.0 Å². The summed E-state index contributed by atoms with van der Waals surface area (Å²) in [6, 6.07) is 8.33. The summed E-state index contributed by atoms with van der Waals surface area (Å²) in [6.45, 7) is 3.86. The molecule has 0 spiro atoms. The lowest BCUT2D eigenvalue weighted by atomic mass is 10.2. The highest BCUT2D eigenvalue weighted by molar-refractivity contribution is 7.99. The van der Waals surface area contributed by atoms with Crippen LogP contribution < -0.4 is 0 Å². The highest BCUT2D eigenvalue weighted by Crippen LogP contribution is 2.19. The third-order valence-electron chi connectivity index (χ3n) is 1.98. The van der Waals surface area contributed by atoms with Crippen LogP contribution >= 0.6 is 11.8 Å². The predicted octanol–water partition coefficient (Wildman–Crippen LogP) is 2.86. The molecular formula is C13H16OS. The van der Waals surface area contributed by atoms with E-state index in [9.17, 15) is 5.11 Å². The van der Waals surface area contributed by atoms with Gasteiger partial charge in [-0.25, -0.2) is 0 Å². The quantitative estimate of drug-likeness (QED) is 0.622. The molecular weight excluding hydrogens is 204 g/mol. The van der Waals surface area contributed by atoms with E-state index in [0.29, 0.717) is 12.2 Å². The maximum Gasteiger partial charge on any atom is 0.0743 e. The number of rotatable bonds is 4. The van der Waals surface area contributed by atoms with Crippen LogP contribution in [0.3, 0.4) is 0 Å². The smallest absolute Gasteiger partial charge is 0.0743 e. The van der Waals surface area contributed by atoms with Crippen molar-refractivity contribution in [1.82, 2.24) is 0 Å². The Balaban J connectivity index is 2.35. The van der Waals surface area contributed by atoms with Crippen molar-refractivity contribution in [3.63, 3.8) is 0 Å². The number of thioether (sulfide) groups is 1. The minimum absolute atomic E-state index is 0.330. The van der Waals surface area contributed by atoms with Gasteiger partial charge in [0.25, 0.3) is 0 Å². The van der Waals surface area contributed by atoms with Crippen molar-refractivity contribution in [1.29, 1.82) is 0 Å². The van der Waals surface area contributed by atoms with Gasteiger partial charge in [-0.2, -0.15) is 0 Å². The van der Waals surface area contributed by atoms with Gasteiger partial charge in [-0.3, -0.25) is 0 Å². The van der Waals surface area contributed by atoms with Crippen molar-refractivity contribution in [2.45, 2.75) is 31.3 Å². The molecule has 2 heteroatoms. The summed E-state index contributed by atoms with van der Waals surface area (Å²) in [6.07, 6.45) is 0.235. The Hall–Kier alpha value is -0.910. The van der Waals surface area contributed by atoms with E-state index in [0.717, 1.165) is 0 Å². The number of aliphatic hydroxyl groups excluding tert-OH is 1. The Labute approximate surface area is 95.9 Å². The second kappa shape index (κ2) is 6.55. The Morgan fingerprint density at radius 1 is 1.33 bits per heavy atom. The van der Waals surface area contributed by atoms with Gasteiger partial charge in [0, 0.05) is 17.1 Å². The average Bonchev–Trinajstić information content (AvgIpc) is 2.25. The first-order chi connectivity index (χ1) is 7.22. The van der Waals surface area contributed by atoms with Crippen molar-refractivity contribution in [2.75, 3.05) is 5.75 Å². The Morgan fingerprint density at radius 3 is 2.60 bits per heavy atom. The lowest BCUT2D eigenvalue weighted by molar-refractivity contribution is 0.205. The van der Waals surface area contributed by atoms with Crippen LogP contribution in [0.2, 0.25) is 0 Å². The zero-order chi connectivity index (χ0) is 11.1. The molecule has 1 aromatic carbocycles. The van der Waals surface area contributed by atoms with Gasteiger partial charge in [0.05, 0.1) is 6.10 Å². The van der Waals surface area contributed by atoms with Gasteiger partial charge >= 0.3 is 0 Å². The molecule has 1 atom stereocenters. The number of hydrogen-bond donors (Lipinski definition) is 1. The van der Waals surface area contributed by atoms with E-state index in [2.05, 4.69) is 43.0 Å². The van der Waals surface area contributed by atoms with Crippen LogP contribution in [0.5, 0.6) is 0 Å². The Kier molecular flexibility index (Phi) is 5.31. The molecule has 15 heavy (non-hydrogen) atoms. The summed E-state index contributed by atoms with van der Waals surface area (Å²) >= 11 is 1.67. The highest BCUT2D eigenvalue weighted by Gasteiger charge is 2.02. The van der Waals surface area contributed by atoms with E-state index >= 15 is 0 Å². The minimum Gasteiger partial charge on any atom is -0.391 e. The largest absolute Gasteiger partial charge is 0.391 e. The maximum absolute atomic E-state index is 9.57. The van der Waals surface area contributed by atoms with Crippen molar-refractivity contribution in [2.24, 2.45) is 0 Å². The van der Waals surface area contributed by atoms with Crippen LogP contribution in [0.1, 0.15) is 18.9 Å². The second-order valence-corrected chi connectivity index (χ2v) is 4.50. The third-order valence-corrected chi connectivity index (χ3v) is 3.13. The first-order valence-corrected chi connectivity index (χ1v) is 5.98. The number of aliphatic hydroxyl groups is 1. The summed E-state index contributed by atoms with van der Waals surface area (Å²) in [5.41, 5.74) is 1.26. The average molecular weight is 220 g/mol. The van der Waals surface area contributed by atoms with E-state index in [1.165, 1.54) is 10.5 Å². The van der Waals surface area contributed by atoms with Crippen LogP contribution in [0.4, 0.5) is 0 Å². The van der Waals surface area contributed by atoms with E-state index < -0.39 is 0 Å².